The smallest absolute Gasteiger partial charge is 0.251 e. The van der Waals surface area contributed by atoms with E-state index < -0.39 is 0 Å². The van der Waals surface area contributed by atoms with Crippen LogP contribution in [0.5, 0.6) is 0 Å². The predicted molar refractivity (Wildman–Crippen MR) is 96.9 cm³/mol. The number of amides is 1. The summed E-state index contributed by atoms with van der Waals surface area (Å²) in [6.45, 7) is 4.04. The lowest BCUT2D eigenvalue weighted by Gasteiger charge is -2.11. The molecule has 0 aliphatic heterocycles. The van der Waals surface area contributed by atoms with Gasteiger partial charge >= 0.3 is 0 Å². The third-order valence-corrected chi connectivity index (χ3v) is 4.59. The number of hydrogen-bond acceptors (Lipinski definition) is 2. The van der Waals surface area contributed by atoms with Crippen molar-refractivity contribution in [3.05, 3.63) is 51.0 Å². The van der Waals surface area contributed by atoms with Crippen LogP contribution in [-0.4, -0.2) is 22.6 Å². The van der Waals surface area contributed by atoms with Crippen LogP contribution in [0.4, 0.5) is 4.39 Å². The minimum Gasteiger partial charge on any atom is -0.352 e. The van der Waals surface area contributed by atoms with Gasteiger partial charge in [0.25, 0.3) is 5.91 Å². The number of carbonyl (C=O) groups excluding carboxylic acids is 1. The molecule has 3 aromatic rings. The van der Waals surface area contributed by atoms with Gasteiger partial charge in [0.05, 0.1) is 5.52 Å². The first-order valence-corrected chi connectivity index (χ1v) is 8.31. The number of nitrogens with one attached hydrogen (secondary N) is 2. The zero-order valence-electron chi connectivity index (χ0n) is 12.7. The molecule has 2 N–H and O–H groups in total. The van der Waals surface area contributed by atoms with Crippen molar-refractivity contribution in [2.45, 2.75) is 13.8 Å². The Morgan fingerprint density at radius 3 is 2.87 bits per heavy atom. The van der Waals surface area contributed by atoms with Crippen LogP contribution in [0.2, 0.25) is 0 Å². The molecular formula is C17H15FIN3O. The lowest BCUT2D eigenvalue weighted by atomic mass is 9.96. The molecule has 3 rings (SSSR count). The number of hydrogen-bond donors (Lipinski definition) is 2. The van der Waals surface area contributed by atoms with Crippen molar-refractivity contribution in [3.63, 3.8) is 0 Å². The summed E-state index contributed by atoms with van der Waals surface area (Å²) in [6, 6.07) is 8.77. The summed E-state index contributed by atoms with van der Waals surface area (Å²) < 4.78 is 15.2. The fourth-order valence-electron chi connectivity index (χ4n) is 2.52. The average molecular weight is 423 g/mol. The van der Waals surface area contributed by atoms with E-state index in [1.54, 1.807) is 13.0 Å². The highest BCUT2D eigenvalue weighted by molar-refractivity contribution is 14.1. The summed E-state index contributed by atoms with van der Waals surface area (Å²) in [4.78, 5) is 12.0. The first kappa shape index (κ1) is 15.9. The molecule has 23 heavy (non-hydrogen) atoms. The fraction of sp³-hybridized carbons (Fsp3) is 0.176. The maximum absolute atomic E-state index is 14.2. The highest BCUT2D eigenvalue weighted by atomic mass is 127. The molecule has 1 heterocycles. The number of benzene rings is 2. The van der Waals surface area contributed by atoms with Gasteiger partial charge in [-0.2, -0.15) is 5.10 Å². The van der Waals surface area contributed by atoms with Crippen LogP contribution >= 0.6 is 22.6 Å². The van der Waals surface area contributed by atoms with E-state index in [-0.39, 0.29) is 11.7 Å². The molecule has 0 aliphatic carbocycles. The van der Waals surface area contributed by atoms with Crippen LogP contribution in [0.1, 0.15) is 22.8 Å². The summed E-state index contributed by atoms with van der Waals surface area (Å²) >= 11 is 2.18. The van der Waals surface area contributed by atoms with Crippen LogP contribution in [0.25, 0.3) is 22.0 Å². The Morgan fingerprint density at radius 1 is 1.35 bits per heavy atom. The van der Waals surface area contributed by atoms with Crippen molar-refractivity contribution in [2.75, 3.05) is 6.54 Å². The van der Waals surface area contributed by atoms with Crippen LogP contribution in [0.3, 0.4) is 0 Å². The number of halogens is 2. The van der Waals surface area contributed by atoms with Crippen molar-refractivity contribution < 1.29 is 9.18 Å². The molecule has 0 spiro atoms. The van der Waals surface area contributed by atoms with Crippen molar-refractivity contribution in [2.24, 2.45) is 0 Å². The molecular weight excluding hydrogens is 408 g/mol. The summed E-state index contributed by atoms with van der Waals surface area (Å²) in [5.74, 6) is -0.663. The Hall–Kier alpha value is -1.96. The quantitative estimate of drug-likeness (QED) is 0.626. The minimum atomic E-state index is -0.388. The standard InChI is InChI=1S/C17H15FIN3O/c1-3-20-17(23)11-6-13(9(2)14(18)7-11)10-4-5-12-15(8-10)21-22-16(12)19/h4-8H,3H2,1-2H3,(H,20,23)(H,21,22). The molecule has 0 aliphatic rings. The average Bonchev–Trinajstić information content (AvgIpc) is 2.91. The highest BCUT2D eigenvalue weighted by Crippen LogP contribution is 2.30. The highest BCUT2D eigenvalue weighted by Gasteiger charge is 2.14. The fourth-order valence-corrected chi connectivity index (χ4v) is 3.10. The Morgan fingerprint density at radius 2 is 2.13 bits per heavy atom. The number of carbonyl (C=O) groups is 1. The Labute approximate surface area is 146 Å². The van der Waals surface area contributed by atoms with Gasteiger partial charge in [-0.3, -0.25) is 9.89 Å². The molecule has 4 nitrogen and oxygen atoms in total. The van der Waals surface area contributed by atoms with E-state index in [1.807, 2.05) is 25.1 Å². The Bertz CT molecular complexity index is 904. The van der Waals surface area contributed by atoms with Gasteiger partial charge in [-0.05, 0) is 77.4 Å². The number of H-pyrrole nitrogens is 1. The molecule has 0 radical (unpaired) electrons. The molecule has 118 valence electrons. The van der Waals surface area contributed by atoms with E-state index in [9.17, 15) is 9.18 Å². The van der Waals surface area contributed by atoms with E-state index >= 15 is 0 Å². The van der Waals surface area contributed by atoms with Gasteiger partial charge in [0.1, 0.15) is 9.52 Å². The second-order valence-electron chi connectivity index (χ2n) is 5.26. The second kappa shape index (κ2) is 6.27. The van der Waals surface area contributed by atoms with Gasteiger partial charge in [0.15, 0.2) is 0 Å². The van der Waals surface area contributed by atoms with Crippen LogP contribution in [0.15, 0.2) is 30.3 Å². The van der Waals surface area contributed by atoms with E-state index in [0.29, 0.717) is 23.2 Å². The van der Waals surface area contributed by atoms with E-state index in [4.69, 9.17) is 0 Å². The molecule has 0 bridgehead atoms. The van der Waals surface area contributed by atoms with Gasteiger partial charge in [0, 0.05) is 17.5 Å². The molecule has 0 saturated heterocycles. The Kier molecular flexibility index (Phi) is 4.34. The molecule has 0 unspecified atom stereocenters. The molecule has 0 atom stereocenters. The van der Waals surface area contributed by atoms with Gasteiger partial charge < -0.3 is 5.32 Å². The predicted octanol–water partition coefficient (Wildman–Crippen LogP) is 4.03. The molecule has 0 saturated carbocycles. The van der Waals surface area contributed by atoms with E-state index in [1.165, 1.54) is 6.07 Å². The number of aromatic amines is 1. The molecule has 1 aromatic heterocycles. The van der Waals surface area contributed by atoms with Gasteiger partial charge in [-0.25, -0.2) is 4.39 Å². The number of aromatic nitrogens is 2. The van der Waals surface area contributed by atoms with Gasteiger partial charge in [-0.15, -0.1) is 0 Å². The lowest BCUT2D eigenvalue weighted by molar-refractivity contribution is 0.0955. The summed E-state index contributed by atoms with van der Waals surface area (Å²) in [5.41, 5.74) is 3.19. The zero-order valence-corrected chi connectivity index (χ0v) is 14.9. The summed E-state index contributed by atoms with van der Waals surface area (Å²) in [6.07, 6.45) is 0. The maximum Gasteiger partial charge on any atom is 0.251 e. The second-order valence-corrected chi connectivity index (χ2v) is 6.34. The maximum atomic E-state index is 14.2. The van der Waals surface area contributed by atoms with Crippen molar-refractivity contribution in [3.8, 4) is 11.1 Å². The van der Waals surface area contributed by atoms with Crippen molar-refractivity contribution in [1.82, 2.24) is 15.5 Å². The van der Waals surface area contributed by atoms with Crippen LogP contribution < -0.4 is 5.32 Å². The first-order valence-electron chi connectivity index (χ1n) is 7.23. The SMILES string of the molecule is CCNC(=O)c1cc(F)c(C)c(-c2ccc3c(I)[nH]nc3c2)c1. The first-order chi connectivity index (χ1) is 11.0. The third-order valence-electron chi connectivity index (χ3n) is 3.76. The summed E-state index contributed by atoms with van der Waals surface area (Å²) in [5, 5.41) is 10.9. The van der Waals surface area contributed by atoms with Gasteiger partial charge in [-0.1, -0.05) is 6.07 Å². The number of rotatable bonds is 3. The lowest BCUT2D eigenvalue weighted by Crippen LogP contribution is -2.22. The molecule has 2 aromatic carbocycles. The normalized spacial score (nSPS) is 11.0. The van der Waals surface area contributed by atoms with Crippen molar-refractivity contribution >= 4 is 39.4 Å². The molecule has 6 heteroatoms. The van der Waals surface area contributed by atoms with Crippen LogP contribution in [-0.2, 0) is 0 Å². The largest absolute Gasteiger partial charge is 0.352 e. The zero-order chi connectivity index (χ0) is 16.6. The molecule has 0 fully saturated rings. The van der Waals surface area contributed by atoms with E-state index in [0.717, 1.165) is 20.2 Å². The van der Waals surface area contributed by atoms with Crippen molar-refractivity contribution in [1.29, 1.82) is 0 Å². The summed E-state index contributed by atoms with van der Waals surface area (Å²) in [7, 11) is 0. The Balaban J connectivity index is 2.14. The van der Waals surface area contributed by atoms with E-state index in [2.05, 4.69) is 38.1 Å². The topological polar surface area (TPSA) is 57.8 Å². The minimum absolute atomic E-state index is 0.275. The monoisotopic (exact) mass is 423 g/mol. The van der Waals surface area contributed by atoms with Crippen LogP contribution in [0, 0.1) is 16.4 Å². The number of nitrogens with zero attached hydrogens (tertiary/aromatic N) is 1. The molecule has 1 amide bonds. The number of fused-ring (bicyclic) bond motifs is 1. The van der Waals surface area contributed by atoms with Gasteiger partial charge in [0.2, 0.25) is 0 Å². The third kappa shape index (κ3) is 2.95.